The lowest BCUT2D eigenvalue weighted by Gasteiger charge is -2.14. The number of carboxylic acids is 1. The second-order valence-electron chi connectivity index (χ2n) is 3.41. The number of isocyanates is 1. The summed E-state index contributed by atoms with van der Waals surface area (Å²) in [6.45, 7) is 4.98. The van der Waals surface area contributed by atoms with Crippen LogP contribution in [0.4, 0.5) is 0 Å². The van der Waals surface area contributed by atoms with E-state index in [1.807, 2.05) is 0 Å². The minimum Gasteiger partial charge on any atom is -0.478 e. The highest BCUT2D eigenvalue weighted by atomic mass is 16.4. The highest BCUT2D eigenvalue weighted by Crippen LogP contribution is 2.15. The van der Waals surface area contributed by atoms with E-state index < -0.39 is 11.5 Å². The zero-order valence-corrected chi connectivity index (χ0v) is 8.00. The molecule has 0 heterocycles. The topological polar surface area (TPSA) is 66.7 Å². The van der Waals surface area contributed by atoms with Gasteiger partial charge in [-0.1, -0.05) is 6.08 Å². The molecule has 0 spiro atoms. The van der Waals surface area contributed by atoms with Crippen molar-refractivity contribution in [3.63, 3.8) is 0 Å². The average molecular weight is 183 g/mol. The molecule has 4 heteroatoms. The molecule has 0 aromatic heterocycles. The first-order valence-electron chi connectivity index (χ1n) is 3.88. The van der Waals surface area contributed by atoms with Crippen LogP contribution in [0, 0.1) is 0 Å². The molecule has 0 rings (SSSR count). The van der Waals surface area contributed by atoms with E-state index in [1.54, 1.807) is 19.9 Å². The number of carboxylic acid groups (broad SMARTS) is 1. The first-order chi connectivity index (χ1) is 5.89. The monoisotopic (exact) mass is 183 g/mol. The average Bonchev–Trinajstić information content (AvgIpc) is 2.00. The molecule has 0 amide bonds. The summed E-state index contributed by atoms with van der Waals surface area (Å²) >= 11 is 0. The van der Waals surface area contributed by atoms with Crippen molar-refractivity contribution in [2.24, 2.45) is 4.99 Å². The van der Waals surface area contributed by atoms with Crippen LogP contribution >= 0.6 is 0 Å². The van der Waals surface area contributed by atoms with Gasteiger partial charge in [0.15, 0.2) is 0 Å². The van der Waals surface area contributed by atoms with Crippen LogP contribution in [-0.4, -0.2) is 22.7 Å². The molecule has 1 N–H and O–H groups in total. The van der Waals surface area contributed by atoms with Gasteiger partial charge < -0.3 is 5.11 Å². The van der Waals surface area contributed by atoms with Gasteiger partial charge in [-0.15, -0.1) is 0 Å². The molecule has 0 fully saturated rings. The molecule has 0 bridgehead atoms. The fourth-order valence-corrected chi connectivity index (χ4v) is 0.659. The smallest absolute Gasteiger partial charge is 0.330 e. The zero-order chi connectivity index (χ0) is 10.5. The normalized spacial score (nSPS) is 12.1. The van der Waals surface area contributed by atoms with E-state index in [4.69, 9.17) is 5.11 Å². The van der Waals surface area contributed by atoms with Crippen molar-refractivity contribution in [2.75, 3.05) is 0 Å². The van der Waals surface area contributed by atoms with Gasteiger partial charge in [-0.05, 0) is 27.2 Å². The zero-order valence-electron chi connectivity index (χ0n) is 8.00. The van der Waals surface area contributed by atoms with Crippen molar-refractivity contribution in [2.45, 2.75) is 32.7 Å². The summed E-state index contributed by atoms with van der Waals surface area (Å²) < 4.78 is 0. The molecule has 72 valence electrons. The molecule has 0 saturated heterocycles. The molecule has 0 radical (unpaired) electrons. The summed E-state index contributed by atoms with van der Waals surface area (Å²) in [7, 11) is 0. The summed E-state index contributed by atoms with van der Waals surface area (Å²) in [6, 6.07) is 0. The van der Waals surface area contributed by atoms with E-state index in [9.17, 15) is 9.59 Å². The maximum absolute atomic E-state index is 10.4. The summed E-state index contributed by atoms with van der Waals surface area (Å²) in [5.41, 5.74) is -0.312. The third-order valence-electron chi connectivity index (χ3n) is 1.59. The van der Waals surface area contributed by atoms with Crippen molar-refractivity contribution in [3.05, 3.63) is 11.6 Å². The largest absolute Gasteiger partial charge is 0.478 e. The molecule has 0 aliphatic rings. The van der Waals surface area contributed by atoms with Crippen LogP contribution in [0.3, 0.4) is 0 Å². The Morgan fingerprint density at radius 2 is 2.15 bits per heavy atom. The van der Waals surface area contributed by atoms with Gasteiger partial charge in [0.05, 0.1) is 5.54 Å². The van der Waals surface area contributed by atoms with Crippen molar-refractivity contribution in [3.8, 4) is 0 Å². The highest BCUT2D eigenvalue weighted by molar-refractivity contribution is 5.85. The van der Waals surface area contributed by atoms with Crippen LogP contribution < -0.4 is 0 Å². The van der Waals surface area contributed by atoms with Crippen LogP contribution in [-0.2, 0) is 9.59 Å². The Balaban J connectivity index is 4.38. The third-order valence-corrected chi connectivity index (χ3v) is 1.59. The van der Waals surface area contributed by atoms with Gasteiger partial charge in [0.1, 0.15) is 0 Å². The summed E-state index contributed by atoms with van der Waals surface area (Å²) in [5.74, 6) is -0.953. The Bertz CT molecular complexity index is 273. The molecule has 0 atom stereocenters. The predicted molar refractivity (Wildman–Crippen MR) is 48.2 cm³/mol. The first-order valence-corrected chi connectivity index (χ1v) is 3.88. The lowest BCUT2D eigenvalue weighted by atomic mass is 10.0. The second kappa shape index (κ2) is 4.58. The van der Waals surface area contributed by atoms with E-state index in [1.165, 1.54) is 13.0 Å². The molecule has 0 aromatic carbocycles. The van der Waals surface area contributed by atoms with Crippen molar-refractivity contribution in [1.82, 2.24) is 0 Å². The maximum atomic E-state index is 10.4. The Hall–Kier alpha value is -1.41. The molecular weight excluding hydrogens is 170 g/mol. The van der Waals surface area contributed by atoms with Crippen LogP contribution in [0.5, 0.6) is 0 Å². The van der Waals surface area contributed by atoms with Gasteiger partial charge in [0.25, 0.3) is 0 Å². The Morgan fingerprint density at radius 1 is 1.62 bits per heavy atom. The molecule has 0 aromatic rings. The lowest BCUT2D eigenvalue weighted by Crippen LogP contribution is -2.15. The molecule has 13 heavy (non-hydrogen) atoms. The molecule has 0 aliphatic carbocycles. The second-order valence-corrected chi connectivity index (χ2v) is 3.41. The predicted octanol–water partition coefficient (Wildman–Crippen LogP) is 1.52. The number of hydrogen-bond donors (Lipinski definition) is 1. The lowest BCUT2D eigenvalue weighted by molar-refractivity contribution is -0.132. The number of aliphatic carboxylic acids is 1. The van der Waals surface area contributed by atoms with Gasteiger partial charge in [-0.25, -0.2) is 9.59 Å². The Morgan fingerprint density at radius 3 is 2.54 bits per heavy atom. The number of nitrogens with zero attached hydrogens (tertiary/aromatic N) is 1. The molecule has 4 nitrogen and oxygen atoms in total. The Kier molecular flexibility index (Phi) is 4.08. The van der Waals surface area contributed by atoms with Gasteiger partial charge in [-0.3, -0.25) is 0 Å². The van der Waals surface area contributed by atoms with Crippen molar-refractivity contribution in [1.29, 1.82) is 0 Å². The fraction of sp³-hybridized carbons (Fsp3) is 0.556. The summed E-state index contributed by atoms with van der Waals surface area (Å²) in [5, 5.41) is 8.53. The number of carbonyl (C=O) groups excluding carboxylic acids is 1. The van der Waals surface area contributed by atoms with E-state index in [0.29, 0.717) is 6.42 Å². The SMILES string of the molecule is C/C(=C\CC(C)(C)N=C=O)C(=O)O. The van der Waals surface area contributed by atoms with Crippen LogP contribution in [0.2, 0.25) is 0 Å². The Labute approximate surface area is 77.0 Å². The van der Waals surface area contributed by atoms with Crippen molar-refractivity contribution >= 4 is 12.0 Å². The fourth-order valence-electron chi connectivity index (χ4n) is 0.659. The van der Waals surface area contributed by atoms with Crippen molar-refractivity contribution < 1.29 is 14.7 Å². The van der Waals surface area contributed by atoms with Gasteiger partial charge in [-0.2, -0.15) is 4.99 Å². The minimum absolute atomic E-state index is 0.258. The molecule has 0 aliphatic heterocycles. The summed E-state index contributed by atoms with van der Waals surface area (Å²) in [6.07, 6.45) is 3.42. The van der Waals surface area contributed by atoms with Crippen LogP contribution in [0.15, 0.2) is 16.6 Å². The molecular formula is C9H13NO3. The van der Waals surface area contributed by atoms with E-state index in [-0.39, 0.29) is 5.57 Å². The third kappa shape index (κ3) is 4.93. The van der Waals surface area contributed by atoms with Crippen LogP contribution in [0.25, 0.3) is 0 Å². The highest BCUT2D eigenvalue weighted by Gasteiger charge is 2.14. The summed E-state index contributed by atoms with van der Waals surface area (Å²) in [4.78, 5) is 23.9. The van der Waals surface area contributed by atoms with Crippen LogP contribution in [0.1, 0.15) is 27.2 Å². The van der Waals surface area contributed by atoms with E-state index >= 15 is 0 Å². The number of rotatable bonds is 4. The first kappa shape index (κ1) is 11.6. The number of hydrogen-bond acceptors (Lipinski definition) is 3. The van der Waals surface area contributed by atoms with Gasteiger partial charge in [0, 0.05) is 5.57 Å². The standard InChI is InChI=1S/C9H13NO3/c1-7(8(12)13)4-5-9(2,3)10-6-11/h4H,5H2,1-3H3,(H,12,13)/b7-4+. The van der Waals surface area contributed by atoms with E-state index in [2.05, 4.69) is 4.99 Å². The molecule has 0 saturated carbocycles. The maximum Gasteiger partial charge on any atom is 0.330 e. The van der Waals surface area contributed by atoms with E-state index in [0.717, 1.165) is 0 Å². The van der Waals surface area contributed by atoms with Gasteiger partial charge in [0.2, 0.25) is 6.08 Å². The number of carbonyl (C=O) groups is 1. The minimum atomic E-state index is -0.953. The quantitative estimate of drug-likeness (QED) is 0.408. The molecule has 0 unspecified atom stereocenters. The van der Waals surface area contributed by atoms with Gasteiger partial charge >= 0.3 is 5.97 Å². The number of aliphatic imine (C=N–C) groups is 1.